The topological polar surface area (TPSA) is 29.1 Å². The van der Waals surface area contributed by atoms with Gasteiger partial charge < -0.3 is 5.32 Å². The van der Waals surface area contributed by atoms with Crippen LogP contribution in [0.15, 0.2) is 18.2 Å². The SMILES string of the molecule is CC[S@@](=O)[C@@H]1CCC[C@H](N[C@@H]2CCc3ccc(F)cc32)C1. The Kier molecular flexibility index (Phi) is 4.75. The average molecular weight is 309 g/mol. The van der Waals surface area contributed by atoms with Gasteiger partial charge in [0.15, 0.2) is 0 Å². The standard InChI is InChI=1S/C17H24FNOS/c1-2-21(20)15-5-3-4-14(11-15)19-17-9-7-12-6-8-13(18)10-16(12)17/h6,8,10,14-15,17,19H,2-5,7,9,11H2,1H3/t14-,15+,17+,21+/m0/s1. The maximum absolute atomic E-state index is 13.5. The van der Waals surface area contributed by atoms with Crippen molar-refractivity contribution in [1.29, 1.82) is 0 Å². The molecule has 2 aliphatic rings. The van der Waals surface area contributed by atoms with Crippen LogP contribution >= 0.6 is 0 Å². The Morgan fingerprint density at radius 3 is 3.00 bits per heavy atom. The van der Waals surface area contributed by atoms with Gasteiger partial charge in [-0.15, -0.1) is 0 Å². The fourth-order valence-corrected chi connectivity index (χ4v) is 5.15. The van der Waals surface area contributed by atoms with E-state index in [-0.39, 0.29) is 11.9 Å². The summed E-state index contributed by atoms with van der Waals surface area (Å²) in [5.41, 5.74) is 2.41. The van der Waals surface area contributed by atoms with E-state index in [9.17, 15) is 8.60 Å². The van der Waals surface area contributed by atoms with Crippen LogP contribution in [-0.2, 0) is 17.2 Å². The van der Waals surface area contributed by atoms with Gasteiger partial charge >= 0.3 is 0 Å². The third-order valence-electron chi connectivity index (χ3n) is 4.90. The second-order valence-electron chi connectivity index (χ2n) is 6.26. The first kappa shape index (κ1) is 15.2. The normalized spacial score (nSPS) is 30.1. The highest BCUT2D eigenvalue weighted by atomic mass is 32.2. The fraction of sp³-hybridized carbons (Fsp3) is 0.647. The van der Waals surface area contributed by atoms with Crippen LogP contribution < -0.4 is 5.32 Å². The highest BCUT2D eigenvalue weighted by molar-refractivity contribution is 7.85. The Morgan fingerprint density at radius 1 is 1.33 bits per heavy atom. The van der Waals surface area contributed by atoms with Crippen molar-refractivity contribution in [3.63, 3.8) is 0 Å². The highest BCUT2D eigenvalue weighted by Crippen LogP contribution is 2.34. The van der Waals surface area contributed by atoms with Gasteiger partial charge in [-0.2, -0.15) is 0 Å². The molecule has 0 aromatic heterocycles. The maximum Gasteiger partial charge on any atom is 0.123 e. The van der Waals surface area contributed by atoms with E-state index in [0.717, 1.165) is 49.8 Å². The third kappa shape index (κ3) is 3.37. The molecule has 1 fully saturated rings. The molecule has 3 rings (SSSR count). The summed E-state index contributed by atoms with van der Waals surface area (Å²) >= 11 is 0. The summed E-state index contributed by atoms with van der Waals surface area (Å²) in [6.45, 7) is 2.00. The summed E-state index contributed by atoms with van der Waals surface area (Å²) in [5, 5.41) is 4.05. The van der Waals surface area contributed by atoms with Crippen molar-refractivity contribution >= 4 is 10.8 Å². The zero-order valence-electron chi connectivity index (χ0n) is 12.6. The summed E-state index contributed by atoms with van der Waals surface area (Å²) in [6, 6.07) is 5.86. The number of hydrogen-bond acceptors (Lipinski definition) is 2. The molecule has 1 aromatic carbocycles. The number of rotatable bonds is 4. The van der Waals surface area contributed by atoms with Crippen molar-refractivity contribution in [3.8, 4) is 0 Å². The molecule has 0 unspecified atom stereocenters. The van der Waals surface area contributed by atoms with Crippen LogP contribution in [0, 0.1) is 5.82 Å². The van der Waals surface area contributed by atoms with Gasteiger partial charge in [-0.05, 0) is 55.4 Å². The zero-order valence-corrected chi connectivity index (χ0v) is 13.4. The Hall–Kier alpha value is -0.740. The molecule has 0 spiro atoms. The van der Waals surface area contributed by atoms with Crippen molar-refractivity contribution in [2.45, 2.75) is 62.8 Å². The maximum atomic E-state index is 13.5. The molecule has 0 heterocycles. The number of fused-ring (bicyclic) bond motifs is 1. The van der Waals surface area contributed by atoms with Crippen molar-refractivity contribution in [1.82, 2.24) is 5.32 Å². The molecule has 1 N–H and O–H groups in total. The van der Waals surface area contributed by atoms with Gasteiger partial charge in [-0.25, -0.2) is 4.39 Å². The number of benzene rings is 1. The molecule has 2 nitrogen and oxygen atoms in total. The number of aryl methyl sites for hydroxylation is 1. The summed E-state index contributed by atoms with van der Waals surface area (Å²) in [7, 11) is -0.686. The van der Waals surface area contributed by atoms with Crippen molar-refractivity contribution in [3.05, 3.63) is 35.1 Å². The lowest BCUT2D eigenvalue weighted by atomic mass is 9.93. The number of halogens is 1. The molecular formula is C17H24FNOS. The van der Waals surface area contributed by atoms with Crippen LogP contribution in [0.3, 0.4) is 0 Å². The van der Waals surface area contributed by atoms with Crippen molar-refractivity contribution in [2.24, 2.45) is 0 Å². The Bertz CT molecular complexity index is 534. The summed E-state index contributed by atoms with van der Waals surface area (Å²) in [4.78, 5) is 0. The minimum Gasteiger partial charge on any atom is -0.307 e. The van der Waals surface area contributed by atoms with E-state index >= 15 is 0 Å². The molecule has 0 radical (unpaired) electrons. The van der Waals surface area contributed by atoms with E-state index in [0.29, 0.717) is 11.3 Å². The van der Waals surface area contributed by atoms with Gasteiger partial charge in [-0.1, -0.05) is 19.4 Å². The lowest BCUT2D eigenvalue weighted by Crippen LogP contribution is -2.39. The average Bonchev–Trinajstić information content (AvgIpc) is 2.89. The predicted molar refractivity (Wildman–Crippen MR) is 85.3 cm³/mol. The zero-order chi connectivity index (χ0) is 14.8. The highest BCUT2D eigenvalue weighted by Gasteiger charge is 2.29. The van der Waals surface area contributed by atoms with E-state index in [2.05, 4.69) is 5.32 Å². The Balaban J connectivity index is 1.65. The predicted octanol–water partition coefficient (Wildman–Crippen LogP) is 3.48. The van der Waals surface area contributed by atoms with Crippen LogP contribution in [0.4, 0.5) is 4.39 Å². The van der Waals surface area contributed by atoms with Gasteiger partial charge in [0.1, 0.15) is 5.82 Å². The van der Waals surface area contributed by atoms with Crippen molar-refractivity contribution < 1.29 is 8.60 Å². The molecule has 116 valence electrons. The molecule has 0 saturated heterocycles. The van der Waals surface area contributed by atoms with Crippen molar-refractivity contribution in [2.75, 3.05) is 5.75 Å². The molecule has 0 bridgehead atoms. The molecule has 0 amide bonds. The van der Waals surface area contributed by atoms with Crippen LogP contribution in [-0.4, -0.2) is 21.3 Å². The van der Waals surface area contributed by atoms with Gasteiger partial charge in [0, 0.05) is 33.9 Å². The quantitative estimate of drug-likeness (QED) is 0.922. The van der Waals surface area contributed by atoms with Gasteiger partial charge in [-0.3, -0.25) is 4.21 Å². The van der Waals surface area contributed by atoms with E-state index in [1.807, 2.05) is 13.0 Å². The van der Waals surface area contributed by atoms with E-state index in [1.165, 1.54) is 5.56 Å². The lowest BCUT2D eigenvalue weighted by molar-refractivity contribution is 0.340. The first-order valence-electron chi connectivity index (χ1n) is 8.09. The molecular weight excluding hydrogens is 285 g/mol. The molecule has 0 aliphatic heterocycles. The number of nitrogens with one attached hydrogen (secondary N) is 1. The van der Waals surface area contributed by atoms with Gasteiger partial charge in [0.2, 0.25) is 0 Å². The third-order valence-corrected chi connectivity index (χ3v) is 6.65. The second-order valence-corrected chi connectivity index (χ2v) is 8.26. The minimum absolute atomic E-state index is 0.143. The van der Waals surface area contributed by atoms with Crippen LogP contribution in [0.2, 0.25) is 0 Å². The molecule has 2 aliphatic carbocycles. The molecule has 4 atom stereocenters. The molecule has 1 saturated carbocycles. The molecule has 4 heteroatoms. The summed E-state index contributed by atoms with van der Waals surface area (Å²) in [6.07, 6.45) is 6.48. The fourth-order valence-electron chi connectivity index (χ4n) is 3.80. The summed E-state index contributed by atoms with van der Waals surface area (Å²) in [5.74, 6) is 0.616. The lowest BCUT2D eigenvalue weighted by Gasteiger charge is -2.31. The smallest absolute Gasteiger partial charge is 0.123 e. The first-order valence-corrected chi connectivity index (χ1v) is 9.47. The molecule has 21 heavy (non-hydrogen) atoms. The van der Waals surface area contributed by atoms with Gasteiger partial charge in [0.05, 0.1) is 0 Å². The van der Waals surface area contributed by atoms with E-state index in [1.54, 1.807) is 12.1 Å². The largest absolute Gasteiger partial charge is 0.307 e. The summed E-state index contributed by atoms with van der Waals surface area (Å²) < 4.78 is 25.5. The second kappa shape index (κ2) is 6.57. The van der Waals surface area contributed by atoms with Crippen LogP contribution in [0.1, 0.15) is 56.2 Å². The minimum atomic E-state index is -0.686. The van der Waals surface area contributed by atoms with Gasteiger partial charge in [0.25, 0.3) is 0 Å². The Labute approximate surface area is 129 Å². The van der Waals surface area contributed by atoms with Crippen LogP contribution in [0.5, 0.6) is 0 Å². The van der Waals surface area contributed by atoms with E-state index < -0.39 is 10.8 Å². The monoisotopic (exact) mass is 309 g/mol. The number of hydrogen-bond donors (Lipinski definition) is 1. The first-order chi connectivity index (χ1) is 10.2. The Morgan fingerprint density at radius 2 is 2.19 bits per heavy atom. The van der Waals surface area contributed by atoms with E-state index in [4.69, 9.17) is 0 Å². The van der Waals surface area contributed by atoms with Crippen LogP contribution in [0.25, 0.3) is 0 Å². The molecule has 1 aromatic rings.